The van der Waals surface area contributed by atoms with Crippen LogP contribution in [-0.4, -0.2) is 35.6 Å². The minimum atomic E-state index is 0.430. The third-order valence-corrected chi connectivity index (χ3v) is 5.62. The van der Waals surface area contributed by atoms with E-state index in [1.54, 1.807) is 11.3 Å². The number of hydrogen-bond donors (Lipinski definition) is 1. The lowest BCUT2D eigenvalue weighted by atomic mass is 10.1. The van der Waals surface area contributed by atoms with Crippen LogP contribution in [0.1, 0.15) is 33.6 Å². The fourth-order valence-electron chi connectivity index (χ4n) is 3.24. The summed E-state index contributed by atoms with van der Waals surface area (Å²) in [5.41, 5.74) is 1.07. The topological polar surface area (TPSA) is 28.2 Å². The quantitative estimate of drug-likeness (QED) is 0.597. The zero-order valence-electron chi connectivity index (χ0n) is 14.9. The lowest BCUT2D eigenvalue weighted by Gasteiger charge is -2.20. The van der Waals surface area contributed by atoms with Crippen LogP contribution in [-0.2, 0) is 0 Å². The van der Waals surface area contributed by atoms with Gasteiger partial charge in [-0.05, 0) is 56.9 Å². The highest BCUT2D eigenvalue weighted by Gasteiger charge is 2.12. The molecule has 0 saturated carbocycles. The van der Waals surface area contributed by atoms with E-state index in [4.69, 9.17) is 4.98 Å². The van der Waals surface area contributed by atoms with Crippen LogP contribution in [0.25, 0.3) is 21.0 Å². The molecule has 0 aliphatic carbocycles. The van der Waals surface area contributed by atoms with Gasteiger partial charge in [-0.2, -0.15) is 0 Å². The molecule has 0 bridgehead atoms. The number of rotatable bonds is 8. The molecule has 1 atom stereocenters. The molecule has 3 rings (SSSR count). The summed E-state index contributed by atoms with van der Waals surface area (Å²) in [4.78, 5) is 7.36. The van der Waals surface area contributed by atoms with Crippen molar-refractivity contribution in [1.29, 1.82) is 0 Å². The minimum absolute atomic E-state index is 0.430. The van der Waals surface area contributed by atoms with E-state index >= 15 is 0 Å². The van der Waals surface area contributed by atoms with Gasteiger partial charge in [-0.1, -0.05) is 32.0 Å². The van der Waals surface area contributed by atoms with Crippen LogP contribution in [0.3, 0.4) is 0 Å². The number of anilines is 1. The molecule has 3 aromatic rings. The first-order valence-corrected chi connectivity index (χ1v) is 9.85. The molecule has 1 N–H and O–H groups in total. The van der Waals surface area contributed by atoms with Gasteiger partial charge in [0.2, 0.25) is 0 Å². The summed E-state index contributed by atoms with van der Waals surface area (Å²) in [5, 5.41) is 8.37. The maximum atomic E-state index is 4.88. The Bertz CT molecular complexity index is 792. The summed E-state index contributed by atoms with van der Waals surface area (Å²) in [7, 11) is 0. The molecular weight excluding hydrogens is 314 g/mol. The number of nitrogens with zero attached hydrogens (tertiary/aromatic N) is 2. The van der Waals surface area contributed by atoms with Crippen molar-refractivity contribution in [3.05, 3.63) is 35.7 Å². The average Bonchev–Trinajstić information content (AvgIpc) is 3.09. The number of para-hydroxylation sites is 1. The third-order valence-electron chi connectivity index (χ3n) is 4.70. The molecule has 0 saturated heterocycles. The Labute approximate surface area is 148 Å². The van der Waals surface area contributed by atoms with Crippen LogP contribution in [0.2, 0.25) is 0 Å². The van der Waals surface area contributed by atoms with Crippen LogP contribution in [0.15, 0.2) is 35.7 Å². The van der Waals surface area contributed by atoms with Gasteiger partial charge in [0.25, 0.3) is 0 Å². The van der Waals surface area contributed by atoms with E-state index in [-0.39, 0.29) is 0 Å². The maximum Gasteiger partial charge on any atom is 0.144 e. The van der Waals surface area contributed by atoms with Crippen LogP contribution in [0.4, 0.5) is 5.82 Å². The van der Waals surface area contributed by atoms with Crippen LogP contribution in [0.5, 0.6) is 0 Å². The summed E-state index contributed by atoms with van der Waals surface area (Å²) in [6.45, 7) is 10.2. The van der Waals surface area contributed by atoms with Gasteiger partial charge in [-0.15, -0.1) is 11.3 Å². The largest absolute Gasteiger partial charge is 0.366 e. The van der Waals surface area contributed by atoms with Crippen molar-refractivity contribution < 1.29 is 0 Å². The molecule has 24 heavy (non-hydrogen) atoms. The summed E-state index contributed by atoms with van der Waals surface area (Å²) in [6, 6.07) is 11.0. The van der Waals surface area contributed by atoms with E-state index in [2.05, 4.69) is 66.7 Å². The fourth-order valence-corrected chi connectivity index (χ4v) is 4.10. The van der Waals surface area contributed by atoms with E-state index in [0.29, 0.717) is 6.04 Å². The molecule has 0 aliphatic rings. The predicted molar refractivity (Wildman–Crippen MR) is 107 cm³/mol. The first-order valence-electron chi connectivity index (χ1n) is 8.97. The van der Waals surface area contributed by atoms with Crippen molar-refractivity contribution in [3.8, 4) is 0 Å². The monoisotopic (exact) mass is 341 g/mol. The van der Waals surface area contributed by atoms with E-state index in [1.165, 1.54) is 28.4 Å². The highest BCUT2D eigenvalue weighted by Crippen LogP contribution is 2.33. The van der Waals surface area contributed by atoms with Crippen molar-refractivity contribution >= 4 is 38.1 Å². The van der Waals surface area contributed by atoms with Crippen molar-refractivity contribution in [3.63, 3.8) is 0 Å². The molecule has 1 aromatic carbocycles. The fraction of sp³-hybridized carbons (Fsp3) is 0.450. The van der Waals surface area contributed by atoms with Crippen LogP contribution in [0, 0.1) is 0 Å². The van der Waals surface area contributed by atoms with Crippen molar-refractivity contribution in [1.82, 2.24) is 9.88 Å². The zero-order chi connectivity index (χ0) is 16.9. The number of fused-ring (bicyclic) bond motifs is 3. The van der Waals surface area contributed by atoms with Crippen LogP contribution < -0.4 is 5.32 Å². The van der Waals surface area contributed by atoms with E-state index < -0.39 is 0 Å². The van der Waals surface area contributed by atoms with Gasteiger partial charge in [-0.25, -0.2) is 4.98 Å². The molecule has 0 fully saturated rings. The summed E-state index contributed by atoms with van der Waals surface area (Å²) in [5.74, 6) is 1.04. The van der Waals surface area contributed by atoms with Gasteiger partial charge >= 0.3 is 0 Å². The lowest BCUT2D eigenvalue weighted by molar-refractivity contribution is 0.295. The average molecular weight is 342 g/mol. The molecule has 2 heterocycles. The molecule has 3 nitrogen and oxygen atoms in total. The van der Waals surface area contributed by atoms with Crippen LogP contribution >= 0.6 is 11.3 Å². The molecule has 0 aliphatic heterocycles. The van der Waals surface area contributed by atoms with Gasteiger partial charge in [0.05, 0.1) is 10.2 Å². The number of benzene rings is 1. The Morgan fingerprint density at radius 2 is 1.92 bits per heavy atom. The van der Waals surface area contributed by atoms with E-state index in [1.807, 2.05) is 0 Å². The highest BCUT2D eigenvalue weighted by molar-refractivity contribution is 7.18. The summed E-state index contributed by atoms with van der Waals surface area (Å²) < 4.78 is 1.27. The first-order chi connectivity index (χ1) is 11.7. The lowest BCUT2D eigenvalue weighted by Crippen LogP contribution is -2.25. The highest BCUT2D eigenvalue weighted by atomic mass is 32.1. The smallest absolute Gasteiger partial charge is 0.144 e. The van der Waals surface area contributed by atoms with Crippen molar-refractivity contribution in [2.45, 2.75) is 39.7 Å². The predicted octanol–water partition coefficient (Wildman–Crippen LogP) is 5.37. The SMILES string of the molecule is CCN(CC)CCCC(C)Nc1nc2ccccc2c2ccsc12. The number of hydrogen-bond acceptors (Lipinski definition) is 4. The Balaban J connectivity index is 1.73. The van der Waals surface area contributed by atoms with Gasteiger partial charge in [0.1, 0.15) is 5.82 Å². The number of nitrogens with one attached hydrogen (secondary N) is 1. The Morgan fingerprint density at radius 3 is 2.71 bits per heavy atom. The first kappa shape index (κ1) is 17.2. The minimum Gasteiger partial charge on any atom is -0.366 e. The third kappa shape index (κ3) is 3.70. The normalized spacial score (nSPS) is 13.0. The van der Waals surface area contributed by atoms with Gasteiger partial charge < -0.3 is 10.2 Å². The van der Waals surface area contributed by atoms with Crippen molar-refractivity contribution in [2.24, 2.45) is 0 Å². The van der Waals surface area contributed by atoms with Gasteiger partial charge in [0.15, 0.2) is 0 Å². The molecule has 2 aromatic heterocycles. The summed E-state index contributed by atoms with van der Waals surface area (Å²) in [6.07, 6.45) is 2.38. The number of pyridine rings is 1. The van der Waals surface area contributed by atoms with Gasteiger partial charge in [0, 0.05) is 16.8 Å². The second kappa shape index (κ2) is 7.95. The van der Waals surface area contributed by atoms with Crippen molar-refractivity contribution in [2.75, 3.05) is 25.0 Å². The second-order valence-corrected chi connectivity index (χ2v) is 7.27. The zero-order valence-corrected chi connectivity index (χ0v) is 15.7. The number of aromatic nitrogens is 1. The standard InChI is InChI=1S/C20H27N3S/c1-4-23(5-2)13-8-9-15(3)21-20-19-17(12-14-24-19)16-10-6-7-11-18(16)22-20/h6-7,10-12,14-15H,4-5,8-9,13H2,1-3H3,(H,21,22). The molecule has 128 valence electrons. The molecule has 4 heteroatoms. The number of thiophene rings is 1. The molecule has 0 spiro atoms. The molecular formula is C20H27N3S. The molecule has 0 radical (unpaired) electrons. The van der Waals surface area contributed by atoms with E-state index in [0.717, 1.165) is 30.8 Å². The summed E-state index contributed by atoms with van der Waals surface area (Å²) >= 11 is 1.77. The molecule has 1 unspecified atom stereocenters. The Hall–Kier alpha value is -1.65. The van der Waals surface area contributed by atoms with E-state index in [9.17, 15) is 0 Å². The van der Waals surface area contributed by atoms with Gasteiger partial charge in [-0.3, -0.25) is 0 Å². The second-order valence-electron chi connectivity index (χ2n) is 6.36. The Kier molecular flexibility index (Phi) is 5.69. The maximum absolute atomic E-state index is 4.88. The molecule has 0 amide bonds. The Morgan fingerprint density at radius 1 is 1.12 bits per heavy atom.